The molecule has 1 heterocycles. The van der Waals surface area contributed by atoms with Crippen molar-refractivity contribution in [2.24, 2.45) is 5.92 Å². The second kappa shape index (κ2) is 10.2. The van der Waals surface area contributed by atoms with E-state index in [0.29, 0.717) is 23.9 Å². The lowest BCUT2D eigenvalue weighted by molar-refractivity contribution is -0.127. The average Bonchev–Trinajstić information content (AvgIpc) is 2.78. The lowest BCUT2D eigenvalue weighted by atomic mass is 9.99. The molecule has 3 rings (SSSR count). The quantitative estimate of drug-likeness (QED) is 0.626. The summed E-state index contributed by atoms with van der Waals surface area (Å²) in [5.74, 6) is 0.533. The van der Waals surface area contributed by atoms with Gasteiger partial charge in [0.1, 0.15) is 5.75 Å². The number of ether oxygens (including phenoxy) is 1. The van der Waals surface area contributed by atoms with Gasteiger partial charge in [0, 0.05) is 6.54 Å². The molecule has 1 aliphatic rings. The van der Waals surface area contributed by atoms with Gasteiger partial charge in [0.25, 0.3) is 15.9 Å². The minimum Gasteiger partial charge on any atom is -0.476 e. The molecule has 0 fully saturated rings. The van der Waals surface area contributed by atoms with E-state index in [-0.39, 0.29) is 17.3 Å². The molecule has 31 heavy (non-hydrogen) atoms. The predicted molar refractivity (Wildman–Crippen MR) is 123 cm³/mol. The van der Waals surface area contributed by atoms with Crippen molar-refractivity contribution >= 4 is 21.6 Å². The van der Waals surface area contributed by atoms with Crippen LogP contribution >= 0.6 is 0 Å². The number of aryl methyl sites for hydroxylation is 1. The van der Waals surface area contributed by atoms with Crippen LogP contribution < -0.4 is 14.4 Å². The highest BCUT2D eigenvalue weighted by Crippen LogP contribution is 2.37. The van der Waals surface area contributed by atoms with Crippen molar-refractivity contribution in [3.05, 3.63) is 54.1 Å². The third-order valence-corrected chi connectivity index (χ3v) is 7.51. The van der Waals surface area contributed by atoms with E-state index in [4.69, 9.17) is 4.74 Å². The largest absolute Gasteiger partial charge is 0.476 e. The number of anilines is 1. The Hall–Kier alpha value is -2.54. The number of carbonyl (C=O) groups excluding carboxylic acids is 1. The summed E-state index contributed by atoms with van der Waals surface area (Å²) in [5, 5.41) is 2.98. The lowest BCUT2D eigenvalue weighted by Gasteiger charge is -2.35. The maximum Gasteiger partial charge on any atom is 0.264 e. The van der Waals surface area contributed by atoms with Gasteiger partial charge in [0.15, 0.2) is 6.10 Å². The number of amides is 1. The Labute approximate surface area is 185 Å². The SMILES string of the molecule is CCCCC(CC)CNC(=O)C1CN(S(=O)(=O)c2ccccc2)c2ccc(C)cc2O1. The fraction of sp³-hybridized carbons (Fsp3) is 0.458. The number of fused-ring (bicyclic) bond motifs is 1. The van der Waals surface area contributed by atoms with Crippen LogP contribution in [-0.4, -0.2) is 33.5 Å². The summed E-state index contributed by atoms with van der Waals surface area (Å²) in [4.78, 5) is 13.1. The number of nitrogens with one attached hydrogen (secondary N) is 1. The molecule has 0 spiro atoms. The van der Waals surface area contributed by atoms with Crippen molar-refractivity contribution in [1.29, 1.82) is 0 Å². The lowest BCUT2D eigenvalue weighted by Crippen LogP contribution is -2.51. The minimum atomic E-state index is -3.83. The summed E-state index contributed by atoms with van der Waals surface area (Å²) in [6, 6.07) is 13.6. The molecule has 0 saturated carbocycles. The van der Waals surface area contributed by atoms with E-state index in [1.165, 1.54) is 4.31 Å². The van der Waals surface area contributed by atoms with Gasteiger partial charge in [-0.3, -0.25) is 9.10 Å². The van der Waals surface area contributed by atoms with Gasteiger partial charge in [-0.05, 0) is 49.1 Å². The van der Waals surface area contributed by atoms with E-state index in [1.54, 1.807) is 42.5 Å². The maximum atomic E-state index is 13.4. The zero-order chi connectivity index (χ0) is 22.4. The van der Waals surface area contributed by atoms with Crippen molar-refractivity contribution in [1.82, 2.24) is 5.32 Å². The van der Waals surface area contributed by atoms with Crippen molar-refractivity contribution in [3.63, 3.8) is 0 Å². The normalized spacial score (nSPS) is 16.9. The predicted octanol–water partition coefficient (Wildman–Crippen LogP) is 4.28. The third kappa shape index (κ3) is 5.39. The van der Waals surface area contributed by atoms with Gasteiger partial charge in [-0.2, -0.15) is 0 Å². The van der Waals surface area contributed by atoms with E-state index in [1.807, 2.05) is 13.0 Å². The molecule has 1 N–H and O–H groups in total. The van der Waals surface area contributed by atoms with Gasteiger partial charge in [-0.1, -0.05) is 57.4 Å². The molecule has 1 aliphatic heterocycles. The van der Waals surface area contributed by atoms with Crippen molar-refractivity contribution in [2.45, 2.75) is 57.5 Å². The highest BCUT2D eigenvalue weighted by Gasteiger charge is 2.37. The van der Waals surface area contributed by atoms with Crippen LogP contribution in [0.4, 0.5) is 5.69 Å². The topological polar surface area (TPSA) is 75.7 Å². The van der Waals surface area contributed by atoms with Crippen LogP contribution in [0.3, 0.4) is 0 Å². The van der Waals surface area contributed by atoms with E-state index in [0.717, 1.165) is 31.2 Å². The number of nitrogens with zero attached hydrogens (tertiary/aromatic N) is 1. The van der Waals surface area contributed by atoms with Crippen LogP contribution in [-0.2, 0) is 14.8 Å². The Balaban J connectivity index is 1.84. The molecule has 0 radical (unpaired) electrons. The summed E-state index contributed by atoms with van der Waals surface area (Å²) >= 11 is 0. The third-order valence-electron chi connectivity index (χ3n) is 5.72. The number of unbranched alkanes of at least 4 members (excludes halogenated alkanes) is 1. The summed E-state index contributed by atoms with van der Waals surface area (Å²) in [7, 11) is -3.83. The minimum absolute atomic E-state index is 0.0646. The van der Waals surface area contributed by atoms with Gasteiger partial charge < -0.3 is 10.1 Å². The van der Waals surface area contributed by atoms with Crippen LogP contribution in [0.5, 0.6) is 5.75 Å². The Morgan fingerprint density at radius 1 is 1.19 bits per heavy atom. The summed E-state index contributed by atoms with van der Waals surface area (Å²) in [5.41, 5.74) is 1.38. The molecule has 0 bridgehead atoms. The number of sulfonamides is 1. The van der Waals surface area contributed by atoms with Gasteiger partial charge >= 0.3 is 0 Å². The smallest absolute Gasteiger partial charge is 0.264 e. The number of hydrogen-bond donors (Lipinski definition) is 1. The first-order valence-corrected chi connectivity index (χ1v) is 12.4. The zero-order valence-corrected chi connectivity index (χ0v) is 19.3. The fourth-order valence-electron chi connectivity index (χ4n) is 3.75. The molecular weight excluding hydrogens is 412 g/mol. The Morgan fingerprint density at radius 3 is 2.61 bits per heavy atom. The van der Waals surface area contributed by atoms with Crippen LogP contribution in [0.25, 0.3) is 0 Å². The molecule has 0 saturated heterocycles. The Kier molecular flexibility index (Phi) is 7.59. The number of hydrogen-bond acceptors (Lipinski definition) is 4. The van der Waals surface area contributed by atoms with E-state index in [2.05, 4.69) is 19.2 Å². The van der Waals surface area contributed by atoms with Gasteiger partial charge in [-0.15, -0.1) is 0 Å². The van der Waals surface area contributed by atoms with Crippen molar-refractivity contribution in [3.8, 4) is 5.75 Å². The molecular formula is C24H32N2O4S. The Morgan fingerprint density at radius 2 is 1.94 bits per heavy atom. The van der Waals surface area contributed by atoms with Crippen molar-refractivity contribution in [2.75, 3.05) is 17.4 Å². The molecule has 1 amide bonds. The zero-order valence-electron chi connectivity index (χ0n) is 18.5. The monoisotopic (exact) mass is 444 g/mol. The first-order valence-electron chi connectivity index (χ1n) is 11.0. The number of benzene rings is 2. The summed E-state index contributed by atoms with van der Waals surface area (Å²) < 4.78 is 34.0. The van der Waals surface area contributed by atoms with Gasteiger partial charge in [0.05, 0.1) is 17.1 Å². The Bertz CT molecular complexity index is 992. The number of carbonyl (C=O) groups is 1. The molecule has 7 heteroatoms. The van der Waals surface area contributed by atoms with E-state index < -0.39 is 16.1 Å². The second-order valence-electron chi connectivity index (χ2n) is 8.09. The molecule has 2 aromatic carbocycles. The molecule has 6 nitrogen and oxygen atoms in total. The highest BCUT2D eigenvalue weighted by molar-refractivity contribution is 7.92. The average molecular weight is 445 g/mol. The maximum absolute atomic E-state index is 13.4. The second-order valence-corrected chi connectivity index (χ2v) is 9.95. The molecule has 168 valence electrons. The first kappa shape index (κ1) is 23.1. The van der Waals surface area contributed by atoms with Crippen LogP contribution in [0.2, 0.25) is 0 Å². The van der Waals surface area contributed by atoms with Crippen molar-refractivity contribution < 1.29 is 17.9 Å². The van der Waals surface area contributed by atoms with Crippen LogP contribution in [0.15, 0.2) is 53.4 Å². The molecule has 0 aliphatic carbocycles. The first-order chi connectivity index (χ1) is 14.9. The van der Waals surface area contributed by atoms with Gasteiger partial charge in [-0.25, -0.2) is 8.42 Å². The van der Waals surface area contributed by atoms with Crippen LogP contribution in [0.1, 0.15) is 45.1 Å². The van der Waals surface area contributed by atoms with E-state index in [9.17, 15) is 13.2 Å². The highest BCUT2D eigenvalue weighted by atomic mass is 32.2. The standard InChI is InChI=1S/C24H32N2O4S/c1-4-6-10-19(5-2)16-25-24(27)23-17-26(21-14-13-18(3)15-22(21)30-23)31(28,29)20-11-8-7-9-12-20/h7-9,11-15,19,23H,4-6,10,16-17H2,1-3H3,(H,25,27). The molecule has 2 atom stereocenters. The molecule has 2 aromatic rings. The van der Waals surface area contributed by atoms with Gasteiger partial charge in [0.2, 0.25) is 0 Å². The van der Waals surface area contributed by atoms with Crippen LogP contribution in [0, 0.1) is 12.8 Å². The summed E-state index contributed by atoms with van der Waals surface area (Å²) in [6.45, 7) is 6.69. The fourth-order valence-corrected chi connectivity index (χ4v) is 5.24. The molecule has 2 unspecified atom stereocenters. The van der Waals surface area contributed by atoms with E-state index >= 15 is 0 Å². The summed E-state index contributed by atoms with van der Waals surface area (Å²) in [6.07, 6.45) is 3.40. The number of rotatable bonds is 9. The molecule has 0 aromatic heterocycles.